The lowest BCUT2D eigenvalue weighted by atomic mass is 10.1. The fraction of sp³-hybridized carbons (Fsp3) is 0.500. The number of amides is 1. The number of nitrogens with one attached hydrogen (secondary N) is 2. The van der Waals surface area contributed by atoms with Crippen LogP contribution in [0.1, 0.15) is 55.2 Å². The maximum atomic E-state index is 12.8. The number of aromatic nitrogens is 2. The lowest BCUT2D eigenvalue weighted by Gasteiger charge is -2.29. The molecule has 1 amide bonds. The summed E-state index contributed by atoms with van der Waals surface area (Å²) in [7, 11) is -3.37. The average Bonchev–Trinajstić information content (AvgIpc) is 3.20. The van der Waals surface area contributed by atoms with Gasteiger partial charge < -0.3 is 10.1 Å². The van der Waals surface area contributed by atoms with Crippen molar-refractivity contribution in [3.63, 3.8) is 0 Å². The highest BCUT2D eigenvalue weighted by Gasteiger charge is 2.33. The maximum absolute atomic E-state index is 12.8. The van der Waals surface area contributed by atoms with Crippen molar-refractivity contribution in [1.82, 2.24) is 15.5 Å². The first-order chi connectivity index (χ1) is 13.4. The van der Waals surface area contributed by atoms with Crippen LogP contribution in [0.2, 0.25) is 0 Å². The van der Waals surface area contributed by atoms with E-state index in [4.69, 9.17) is 4.74 Å². The van der Waals surface area contributed by atoms with Gasteiger partial charge in [-0.15, -0.1) is 0 Å². The van der Waals surface area contributed by atoms with E-state index in [2.05, 4.69) is 15.5 Å². The van der Waals surface area contributed by atoms with E-state index >= 15 is 0 Å². The molecule has 28 heavy (non-hydrogen) atoms. The van der Waals surface area contributed by atoms with Gasteiger partial charge in [0.1, 0.15) is 5.69 Å². The molecule has 2 heterocycles. The molecule has 7 nitrogen and oxygen atoms in total. The van der Waals surface area contributed by atoms with Crippen LogP contribution in [-0.4, -0.2) is 49.0 Å². The maximum Gasteiger partial charge on any atom is 0.271 e. The summed E-state index contributed by atoms with van der Waals surface area (Å²) in [6, 6.07) is 10.3. The average molecular weight is 406 g/mol. The third-order valence-corrected chi connectivity index (χ3v) is 7.27. The van der Waals surface area contributed by atoms with E-state index in [9.17, 15) is 13.2 Å². The van der Waals surface area contributed by atoms with Crippen LogP contribution < -0.4 is 5.32 Å². The van der Waals surface area contributed by atoms with Crippen molar-refractivity contribution in [2.24, 2.45) is 0 Å². The minimum absolute atomic E-state index is 0.192. The Hall–Kier alpha value is -2.19. The molecule has 0 unspecified atom stereocenters. The lowest BCUT2D eigenvalue weighted by molar-refractivity contribution is 0.0132. The largest absolute Gasteiger partial charge is 0.378 e. The van der Waals surface area contributed by atoms with Crippen molar-refractivity contribution >= 4 is 15.7 Å². The van der Waals surface area contributed by atoms with Crippen LogP contribution in [-0.2, 0) is 14.6 Å². The van der Waals surface area contributed by atoms with E-state index < -0.39 is 15.1 Å². The molecule has 0 saturated carbocycles. The highest BCUT2D eigenvalue weighted by molar-refractivity contribution is 7.92. The molecule has 1 aromatic carbocycles. The first-order valence-electron chi connectivity index (χ1n) is 9.62. The second-order valence-corrected chi connectivity index (χ2v) is 9.63. The quantitative estimate of drug-likeness (QED) is 0.737. The number of ether oxygens (including phenoxy) is 1. The number of hydrogen-bond donors (Lipinski definition) is 2. The van der Waals surface area contributed by atoms with Crippen LogP contribution in [0.4, 0.5) is 0 Å². The van der Waals surface area contributed by atoms with Gasteiger partial charge in [0.15, 0.2) is 9.84 Å². The minimum atomic E-state index is -3.37. The Balaban J connectivity index is 1.52. The zero-order valence-corrected chi connectivity index (χ0v) is 17.0. The Bertz CT molecular complexity index is 893. The molecule has 0 bridgehead atoms. The van der Waals surface area contributed by atoms with Crippen LogP contribution in [0.5, 0.6) is 0 Å². The Morgan fingerprint density at radius 3 is 2.75 bits per heavy atom. The Kier molecular flexibility index (Phi) is 6.51. The highest BCUT2D eigenvalue weighted by atomic mass is 32.2. The van der Waals surface area contributed by atoms with E-state index in [-0.39, 0.29) is 17.9 Å². The second-order valence-electron chi connectivity index (χ2n) is 7.41. The van der Waals surface area contributed by atoms with Crippen molar-refractivity contribution in [3.05, 3.63) is 47.8 Å². The van der Waals surface area contributed by atoms with E-state index in [1.807, 2.05) is 13.8 Å². The molecule has 2 aromatic rings. The number of benzene rings is 1. The third-order valence-electron chi connectivity index (χ3n) is 5.03. The van der Waals surface area contributed by atoms with Crippen LogP contribution >= 0.6 is 0 Å². The molecule has 0 spiro atoms. The molecule has 3 rings (SSSR count). The first kappa shape index (κ1) is 20.5. The molecule has 2 atom stereocenters. The number of aromatic amines is 1. The summed E-state index contributed by atoms with van der Waals surface area (Å²) in [5, 5.41) is 9.27. The fourth-order valence-corrected chi connectivity index (χ4v) is 5.11. The van der Waals surface area contributed by atoms with E-state index in [1.54, 1.807) is 36.4 Å². The van der Waals surface area contributed by atoms with E-state index in [0.717, 1.165) is 5.69 Å². The SMILES string of the molecule is CC(C)c1cc(C(=O)NCC[C@@H]2C[C@@H](S(=O)(=O)c3ccccc3)CCO2)n[nH]1. The molecule has 0 aliphatic carbocycles. The van der Waals surface area contributed by atoms with Crippen LogP contribution in [0.15, 0.2) is 41.3 Å². The molecular weight excluding hydrogens is 378 g/mol. The number of carbonyl (C=O) groups excluding carboxylic acids is 1. The van der Waals surface area contributed by atoms with Crippen LogP contribution in [0.25, 0.3) is 0 Å². The van der Waals surface area contributed by atoms with Gasteiger partial charge in [0, 0.05) is 18.8 Å². The van der Waals surface area contributed by atoms with Gasteiger partial charge in [-0.25, -0.2) is 8.42 Å². The molecule has 1 saturated heterocycles. The van der Waals surface area contributed by atoms with Crippen LogP contribution in [0.3, 0.4) is 0 Å². The van der Waals surface area contributed by atoms with Gasteiger partial charge in [-0.1, -0.05) is 32.0 Å². The topological polar surface area (TPSA) is 101 Å². The third kappa shape index (κ3) is 4.80. The number of hydrogen-bond acceptors (Lipinski definition) is 5. The molecule has 1 aliphatic rings. The van der Waals surface area contributed by atoms with Gasteiger partial charge in [0.05, 0.1) is 16.2 Å². The van der Waals surface area contributed by atoms with Gasteiger partial charge in [0.2, 0.25) is 0 Å². The predicted octanol–water partition coefficient (Wildman–Crippen LogP) is 2.67. The summed E-state index contributed by atoms with van der Waals surface area (Å²) in [5.74, 6) is 0.0283. The van der Waals surface area contributed by atoms with Gasteiger partial charge in [-0.2, -0.15) is 5.10 Å². The van der Waals surface area contributed by atoms with Crippen molar-refractivity contribution in [3.8, 4) is 0 Å². The molecule has 8 heteroatoms. The molecule has 2 N–H and O–H groups in total. The van der Waals surface area contributed by atoms with Crippen molar-refractivity contribution in [1.29, 1.82) is 0 Å². The number of sulfone groups is 1. The zero-order chi connectivity index (χ0) is 20.1. The number of rotatable bonds is 7. The molecule has 0 radical (unpaired) electrons. The first-order valence-corrected chi connectivity index (χ1v) is 11.2. The number of H-pyrrole nitrogens is 1. The standard InChI is InChI=1S/C20H27N3O4S/c1-14(2)18-13-19(23-22-18)20(24)21-10-8-15-12-17(9-11-27-15)28(25,26)16-6-4-3-5-7-16/h3-7,13-15,17H,8-12H2,1-2H3,(H,21,24)(H,22,23)/t15-,17+/m1/s1. The molecule has 152 valence electrons. The van der Waals surface area contributed by atoms with Crippen molar-refractivity contribution < 1.29 is 17.9 Å². The van der Waals surface area contributed by atoms with Gasteiger partial charge >= 0.3 is 0 Å². The fourth-order valence-electron chi connectivity index (χ4n) is 3.32. The summed E-state index contributed by atoms with van der Waals surface area (Å²) >= 11 is 0. The normalized spacial score (nSPS) is 20.2. The van der Waals surface area contributed by atoms with Gasteiger partial charge in [-0.05, 0) is 43.4 Å². The highest BCUT2D eigenvalue weighted by Crippen LogP contribution is 2.27. The molecule has 1 fully saturated rings. The van der Waals surface area contributed by atoms with Gasteiger partial charge in [0.25, 0.3) is 5.91 Å². The smallest absolute Gasteiger partial charge is 0.271 e. The predicted molar refractivity (Wildman–Crippen MR) is 106 cm³/mol. The zero-order valence-electron chi connectivity index (χ0n) is 16.2. The summed E-state index contributed by atoms with van der Waals surface area (Å²) in [5.41, 5.74) is 1.27. The van der Waals surface area contributed by atoms with Crippen molar-refractivity contribution in [2.45, 2.75) is 55.3 Å². The Morgan fingerprint density at radius 2 is 2.07 bits per heavy atom. The van der Waals surface area contributed by atoms with E-state index in [1.165, 1.54) is 0 Å². The van der Waals surface area contributed by atoms with Crippen LogP contribution in [0, 0.1) is 0 Å². The minimum Gasteiger partial charge on any atom is -0.378 e. The Labute approximate surface area is 165 Å². The summed E-state index contributed by atoms with van der Waals surface area (Å²) in [6.07, 6.45) is 1.30. The lowest BCUT2D eigenvalue weighted by Crippen LogP contribution is -2.37. The summed E-state index contributed by atoms with van der Waals surface area (Å²) < 4.78 is 31.4. The molecular formula is C20H27N3O4S. The summed E-state index contributed by atoms with van der Waals surface area (Å²) in [4.78, 5) is 12.6. The van der Waals surface area contributed by atoms with E-state index in [0.29, 0.717) is 43.0 Å². The number of nitrogens with zero attached hydrogens (tertiary/aromatic N) is 1. The second kappa shape index (κ2) is 8.87. The number of carbonyl (C=O) groups is 1. The summed E-state index contributed by atoms with van der Waals surface area (Å²) in [6.45, 7) is 4.86. The molecule has 1 aromatic heterocycles. The van der Waals surface area contributed by atoms with Gasteiger partial charge in [-0.3, -0.25) is 9.89 Å². The monoisotopic (exact) mass is 405 g/mol. The Morgan fingerprint density at radius 1 is 1.32 bits per heavy atom. The van der Waals surface area contributed by atoms with Crippen molar-refractivity contribution in [2.75, 3.05) is 13.2 Å². The molecule has 1 aliphatic heterocycles.